The molecular formula is C20H24N2O. The fourth-order valence-electron chi connectivity index (χ4n) is 2.48. The molecule has 0 aliphatic carbocycles. The highest BCUT2D eigenvalue weighted by Gasteiger charge is 2.11. The van der Waals surface area contributed by atoms with Gasteiger partial charge in [-0.2, -0.15) is 5.26 Å². The maximum atomic E-state index is 9.45. The molecule has 0 radical (unpaired) electrons. The lowest BCUT2D eigenvalue weighted by atomic mass is 9.94. The van der Waals surface area contributed by atoms with Gasteiger partial charge < -0.3 is 9.64 Å². The largest absolute Gasteiger partial charge is 0.494 e. The van der Waals surface area contributed by atoms with Crippen molar-refractivity contribution < 1.29 is 4.74 Å². The molecular weight excluding hydrogens is 284 g/mol. The van der Waals surface area contributed by atoms with Gasteiger partial charge in [0, 0.05) is 19.8 Å². The minimum absolute atomic E-state index is 0.0494. The first-order valence-corrected chi connectivity index (χ1v) is 8.05. The molecule has 0 fully saturated rings. The Hall–Kier alpha value is -2.47. The van der Waals surface area contributed by atoms with Crippen molar-refractivity contribution in [3.05, 3.63) is 60.2 Å². The van der Waals surface area contributed by atoms with E-state index in [9.17, 15) is 5.26 Å². The number of rotatable bonds is 8. The van der Waals surface area contributed by atoms with Gasteiger partial charge in [0.1, 0.15) is 5.75 Å². The van der Waals surface area contributed by atoms with E-state index in [2.05, 4.69) is 23.1 Å². The molecule has 0 saturated carbocycles. The molecule has 2 aromatic carbocycles. The zero-order chi connectivity index (χ0) is 16.5. The maximum absolute atomic E-state index is 9.45. The molecule has 1 atom stereocenters. The van der Waals surface area contributed by atoms with Gasteiger partial charge >= 0.3 is 0 Å². The SMILES string of the molecule is CN(C)c1cccc(C(C#N)CCCCOc2ccccc2)c1. The minimum atomic E-state index is -0.0494. The topological polar surface area (TPSA) is 36.3 Å². The molecule has 1 unspecified atom stereocenters. The summed E-state index contributed by atoms with van der Waals surface area (Å²) in [5.41, 5.74) is 2.23. The van der Waals surface area contributed by atoms with Gasteiger partial charge in [-0.25, -0.2) is 0 Å². The van der Waals surface area contributed by atoms with Crippen molar-refractivity contribution in [2.75, 3.05) is 25.6 Å². The average molecular weight is 308 g/mol. The number of benzene rings is 2. The van der Waals surface area contributed by atoms with Gasteiger partial charge in [-0.1, -0.05) is 30.3 Å². The van der Waals surface area contributed by atoms with E-state index in [0.717, 1.165) is 36.3 Å². The summed E-state index contributed by atoms with van der Waals surface area (Å²) in [5, 5.41) is 9.45. The Kier molecular flexibility index (Phi) is 6.50. The van der Waals surface area contributed by atoms with Gasteiger partial charge in [0.15, 0.2) is 0 Å². The van der Waals surface area contributed by atoms with Gasteiger partial charge in [-0.05, 0) is 49.1 Å². The van der Waals surface area contributed by atoms with E-state index in [1.807, 2.05) is 56.6 Å². The van der Waals surface area contributed by atoms with Gasteiger partial charge in [-0.3, -0.25) is 0 Å². The normalized spacial score (nSPS) is 11.5. The van der Waals surface area contributed by atoms with Crippen LogP contribution < -0.4 is 9.64 Å². The lowest BCUT2D eigenvalue weighted by molar-refractivity contribution is 0.304. The summed E-state index contributed by atoms with van der Waals surface area (Å²) in [7, 11) is 4.03. The molecule has 3 heteroatoms. The Morgan fingerprint density at radius 3 is 2.52 bits per heavy atom. The quantitative estimate of drug-likeness (QED) is 0.668. The number of ether oxygens (including phenoxy) is 1. The van der Waals surface area contributed by atoms with Crippen molar-refractivity contribution >= 4 is 5.69 Å². The molecule has 0 bridgehead atoms. The Morgan fingerprint density at radius 2 is 1.83 bits per heavy atom. The molecule has 23 heavy (non-hydrogen) atoms. The molecule has 0 aromatic heterocycles. The summed E-state index contributed by atoms with van der Waals surface area (Å²) < 4.78 is 5.69. The third kappa shape index (κ3) is 5.34. The number of hydrogen-bond donors (Lipinski definition) is 0. The van der Waals surface area contributed by atoms with E-state index in [-0.39, 0.29) is 5.92 Å². The molecule has 2 aromatic rings. The van der Waals surface area contributed by atoms with Crippen molar-refractivity contribution in [3.8, 4) is 11.8 Å². The maximum Gasteiger partial charge on any atom is 0.119 e. The Morgan fingerprint density at radius 1 is 1.04 bits per heavy atom. The van der Waals surface area contributed by atoms with Gasteiger partial charge in [-0.15, -0.1) is 0 Å². The summed E-state index contributed by atoms with van der Waals surface area (Å²) in [4.78, 5) is 2.06. The molecule has 0 saturated heterocycles. The fraction of sp³-hybridized carbons (Fsp3) is 0.350. The number of hydrogen-bond acceptors (Lipinski definition) is 3. The van der Waals surface area contributed by atoms with Crippen LogP contribution >= 0.6 is 0 Å². The zero-order valence-electron chi connectivity index (χ0n) is 13.9. The van der Waals surface area contributed by atoms with Crippen LogP contribution in [0.3, 0.4) is 0 Å². The highest BCUT2D eigenvalue weighted by atomic mass is 16.5. The highest BCUT2D eigenvalue weighted by molar-refractivity contribution is 5.48. The first kappa shape index (κ1) is 16.9. The highest BCUT2D eigenvalue weighted by Crippen LogP contribution is 2.25. The third-order valence-electron chi connectivity index (χ3n) is 3.84. The van der Waals surface area contributed by atoms with E-state index in [0.29, 0.717) is 6.61 Å². The van der Waals surface area contributed by atoms with E-state index < -0.39 is 0 Å². The van der Waals surface area contributed by atoms with Crippen molar-refractivity contribution in [3.63, 3.8) is 0 Å². The summed E-state index contributed by atoms with van der Waals surface area (Å²) in [6, 6.07) is 20.5. The molecule has 3 nitrogen and oxygen atoms in total. The van der Waals surface area contributed by atoms with Crippen LogP contribution in [0.5, 0.6) is 5.75 Å². The monoisotopic (exact) mass is 308 g/mol. The van der Waals surface area contributed by atoms with Gasteiger partial charge in [0.05, 0.1) is 18.6 Å². The summed E-state index contributed by atoms with van der Waals surface area (Å²) in [6.07, 6.45) is 2.81. The van der Waals surface area contributed by atoms with Crippen LogP contribution in [0.2, 0.25) is 0 Å². The van der Waals surface area contributed by atoms with Crippen molar-refractivity contribution in [2.24, 2.45) is 0 Å². The van der Waals surface area contributed by atoms with E-state index in [4.69, 9.17) is 4.74 Å². The molecule has 0 N–H and O–H groups in total. The number of nitriles is 1. The molecule has 120 valence electrons. The second-order valence-corrected chi connectivity index (χ2v) is 5.83. The first-order valence-electron chi connectivity index (χ1n) is 8.05. The summed E-state index contributed by atoms with van der Waals surface area (Å²) in [6.45, 7) is 0.694. The van der Waals surface area contributed by atoms with Crippen LogP contribution in [-0.2, 0) is 0 Å². The Labute approximate surface area is 139 Å². The average Bonchev–Trinajstić information content (AvgIpc) is 2.59. The molecule has 2 rings (SSSR count). The van der Waals surface area contributed by atoms with Gasteiger partial charge in [0.25, 0.3) is 0 Å². The molecule has 0 aliphatic rings. The summed E-state index contributed by atoms with van der Waals surface area (Å²) >= 11 is 0. The third-order valence-corrected chi connectivity index (χ3v) is 3.84. The molecule has 0 heterocycles. The first-order chi connectivity index (χ1) is 11.2. The minimum Gasteiger partial charge on any atom is -0.494 e. The van der Waals surface area contributed by atoms with Crippen LogP contribution in [0.15, 0.2) is 54.6 Å². The smallest absolute Gasteiger partial charge is 0.119 e. The number of nitrogens with zero attached hydrogens (tertiary/aromatic N) is 2. The second kappa shape index (κ2) is 8.85. The van der Waals surface area contributed by atoms with Gasteiger partial charge in [0.2, 0.25) is 0 Å². The predicted octanol–water partition coefficient (Wildman–Crippen LogP) is 4.61. The van der Waals surface area contributed by atoms with E-state index in [1.165, 1.54) is 0 Å². The van der Waals surface area contributed by atoms with Crippen LogP contribution in [0.1, 0.15) is 30.7 Å². The van der Waals surface area contributed by atoms with Crippen LogP contribution in [-0.4, -0.2) is 20.7 Å². The van der Waals surface area contributed by atoms with Crippen molar-refractivity contribution in [2.45, 2.75) is 25.2 Å². The number of anilines is 1. The van der Waals surface area contributed by atoms with E-state index in [1.54, 1.807) is 0 Å². The number of para-hydroxylation sites is 1. The predicted molar refractivity (Wildman–Crippen MR) is 94.9 cm³/mol. The lowest BCUT2D eigenvalue weighted by Gasteiger charge is -2.16. The Balaban J connectivity index is 1.79. The molecule has 0 spiro atoms. The van der Waals surface area contributed by atoms with Crippen LogP contribution in [0.25, 0.3) is 0 Å². The molecule has 0 amide bonds. The van der Waals surface area contributed by atoms with Crippen molar-refractivity contribution in [1.82, 2.24) is 0 Å². The standard InChI is InChI=1S/C20H24N2O/c1-22(2)19-11-8-10-17(15-19)18(16-21)9-6-7-14-23-20-12-4-3-5-13-20/h3-5,8,10-13,15,18H,6-7,9,14H2,1-2H3. The van der Waals surface area contributed by atoms with Crippen molar-refractivity contribution in [1.29, 1.82) is 5.26 Å². The lowest BCUT2D eigenvalue weighted by Crippen LogP contribution is -2.09. The zero-order valence-corrected chi connectivity index (χ0v) is 13.9. The van der Waals surface area contributed by atoms with E-state index >= 15 is 0 Å². The fourth-order valence-corrected chi connectivity index (χ4v) is 2.48. The van der Waals surface area contributed by atoms with Crippen LogP contribution in [0.4, 0.5) is 5.69 Å². The second-order valence-electron chi connectivity index (χ2n) is 5.83. The Bertz CT molecular complexity index is 632. The summed E-state index contributed by atoms with van der Waals surface area (Å²) in [5.74, 6) is 0.856. The number of unbranched alkanes of at least 4 members (excludes halogenated alkanes) is 1. The molecule has 0 aliphatic heterocycles. The van der Waals surface area contributed by atoms with Crippen LogP contribution in [0, 0.1) is 11.3 Å².